The Morgan fingerprint density at radius 1 is 1.04 bits per heavy atom. The molecule has 6 rings (SSSR count). The van der Waals surface area contributed by atoms with Gasteiger partial charge in [-0.15, -0.1) is 0 Å². The second-order valence-electron chi connectivity index (χ2n) is 12.9. The van der Waals surface area contributed by atoms with Crippen LogP contribution in [-0.2, 0) is 20.8 Å². The summed E-state index contributed by atoms with van der Waals surface area (Å²) in [5.74, 6) is 0.966. The summed E-state index contributed by atoms with van der Waals surface area (Å²) in [6.07, 6.45) is 5.78. The van der Waals surface area contributed by atoms with Crippen molar-refractivity contribution >= 4 is 17.0 Å². The van der Waals surface area contributed by atoms with Crippen molar-refractivity contribution in [3.05, 3.63) is 78.5 Å². The number of fused-ring (bicyclic) bond motifs is 1. The molecule has 1 saturated heterocycles. The van der Waals surface area contributed by atoms with Crippen molar-refractivity contribution in [2.75, 3.05) is 19.8 Å². The summed E-state index contributed by atoms with van der Waals surface area (Å²) in [5, 5.41) is 15.5. The minimum Gasteiger partial charge on any atom is -0.508 e. The van der Waals surface area contributed by atoms with Crippen molar-refractivity contribution in [1.82, 2.24) is 14.7 Å². The van der Waals surface area contributed by atoms with Crippen molar-refractivity contribution in [3.63, 3.8) is 0 Å². The third-order valence-corrected chi connectivity index (χ3v) is 8.33. The Balaban J connectivity index is 1.18. The fraction of sp³-hybridized carbons (Fsp3) is 0.444. The van der Waals surface area contributed by atoms with Crippen LogP contribution in [0.25, 0.3) is 22.0 Å². The fourth-order valence-corrected chi connectivity index (χ4v) is 5.92. The van der Waals surface area contributed by atoms with E-state index in [4.69, 9.17) is 24.0 Å². The van der Waals surface area contributed by atoms with Crippen LogP contribution in [-0.4, -0.2) is 63.4 Å². The quantitative estimate of drug-likeness (QED) is 0.185. The predicted octanol–water partition coefficient (Wildman–Crippen LogP) is 7.47. The van der Waals surface area contributed by atoms with E-state index in [0.29, 0.717) is 32.6 Å². The highest BCUT2D eigenvalue weighted by molar-refractivity contribution is 5.90. The van der Waals surface area contributed by atoms with Crippen LogP contribution in [0.15, 0.2) is 72.9 Å². The topological polar surface area (TPSA) is 95.3 Å². The zero-order valence-corrected chi connectivity index (χ0v) is 26.4. The summed E-state index contributed by atoms with van der Waals surface area (Å²) >= 11 is 0. The van der Waals surface area contributed by atoms with E-state index in [1.165, 1.54) is 0 Å². The zero-order valence-electron chi connectivity index (χ0n) is 26.4. The normalized spacial score (nSPS) is 20.0. The summed E-state index contributed by atoms with van der Waals surface area (Å²) in [6.45, 7) is 7.71. The molecule has 1 amide bonds. The third-order valence-electron chi connectivity index (χ3n) is 8.33. The van der Waals surface area contributed by atoms with Gasteiger partial charge >= 0.3 is 6.09 Å². The molecule has 45 heavy (non-hydrogen) atoms. The molecule has 2 heterocycles. The van der Waals surface area contributed by atoms with E-state index in [9.17, 15) is 9.90 Å². The van der Waals surface area contributed by atoms with Gasteiger partial charge in [0.05, 0.1) is 30.3 Å². The van der Waals surface area contributed by atoms with Gasteiger partial charge in [-0.05, 0) is 81.0 Å². The Kier molecular flexibility index (Phi) is 9.28. The number of carbonyl (C=O) groups excluding carboxylic acids is 1. The van der Waals surface area contributed by atoms with E-state index in [2.05, 4.69) is 6.07 Å². The standard InChI is InChI=1S/C36H43N3O6/c1-36(2,3)45-35(41)38(16-18-42-24-25-9-5-4-6-10-25)28-21-30(22-28)44-33-20-27(26-12-14-29(40)15-13-26)19-32-31(33)23-37-39(32)34-11-7-8-17-43-34/h4-6,9-10,12-15,19-20,23,28,30,34,40H,7-8,11,16-18,21-22,24H2,1-3H3/t28-,30-,34?. The Morgan fingerprint density at radius 2 is 1.82 bits per heavy atom. The van der Waals surface area contributed by atoms with Gasteiger partial charge in [0.25, 0.3) is 0 Å². The molecule has 9 nitrogen and oxygen atoms in total. The first kappa shape index (κ1) is 30.9. The number of phenolic OH excluding ortho intramolecular Hbond substituents is 1. The SMILES string of the molecule is CC(C)(C)OC(=O)N(CCOCc1ccccc1)[C@H]1C[C@H](Oc2cc(-c3ccc(O)cc3)cc3c2cnn3C2CCCCO2)C1. The highest BCUT2D eigenvalue weighted by Gasteiger charge is 2.39. The van der Waals surface area contributed by atoms with Crippen molar-refractivity contribution < 1.29 is 28.8 Å². The summed E-state index contributed by atoms with van der Waals surface area (Å²) in [7, 11) is 0. The first-order valence-corrected chi connectivity index (χ1v) is 15.9. The van der Waals surface area contributed by atoms with Gasteiger partial charge < -0.3 is 29.0 Å². The van der Waals surface area contributed by atoms with Gasteiger partial charge in [-0.3, -0.25) is 0 Å². The van der Waals surface area contributed by atoms with E-state index in [1.54, 1.807) is 17.0 Å². The monoisotopic (exact) mass is 613 g/mol. The van der Waals surface area contributed by atoms with Gasteiger partial charge in [-0.1, -0.05) is 42.5 Å². The highest BCUT2D eigenvalue weighted by Crippen LogP contribution is 2.39. The van der Waals surface area contributed by atoms with E-state index in [1.807, 2.05) is 80.2 Å². The number of rotatable bonds is 10. The van der Waals surface area contributed by atoms with Crippen LogP contribution >= 0.6 is 0 Å². The van der Waals surface area contributed by atoms with E-state index >= 15 is 0 Å². The molecule has 9 heteroatoms. The molecule has 0 spiro atoms. The number of carbonyl (C=O) groups is 1. The Labute approximate surface area is 264 Å². The molecule has 1 aliphatic carbocycles. The second kappa shape index (κ2) is 13.5. The lowest BCUT2D eigenvalue weighted by Crippen LogP contribution is -2.53. The van der Waals surface area contributed by atoms with Crippen LogP contribution in [0, 0.1) is 0 Å². The van der Waals surface area contributed by atoms with Crippen LogP contribution in [0.1, 0.15) is 64.7 Å². The molecule has 1 saturated carbocycles. The molecule has 1 unspecified atom stereocenters. The lowest BCUT2D eigenvalue weighted by molar-refractivity contribution is -0.0366. The molecule has 238 valence electrons. The van der Waals surface area contributed by atoms with Gasteiger partial charge in [0.2, 0.25) is 0 Å². The second-order valence-corrected chi connectivity index (χ2v) is 12.9. The summed E-state index contributed by atoms with van der Waals surface area (Å²) in [5.41, 5.74) is 3.39. The number of hydrogen-bond donors (Lipinski definition) is 1. The predicted molar refractivity (Wildman–Crippen MR) is 172 cm³/mol. The maximum Gasteiger partial charge on any atom is 0.410 e. The molecule has 0 bridgehead atoms. The van der Waals surface area contributed by atoms with Gasteiger partial charge in [0.1, 0.15) is 23.2 Å². The molecule has 0 radical (unpaired) electrons. The molecular weight excluding hydrogens is 570 g/mol. The first-order chi connectivity index (χ1) is 21.7. The Morgan fingerprint density at radius 3 is 2.53 bits per heavy atom. The van der Waals surface area contributed by atoms with Crippen molar-refractivity contribution in [2.24, 2.45) is 0 Å². The van der Waals surface area contributed by atoms with Gasteiger partial charge in [-0.25, -0.2) is 9.48 Å². The zero-order chi connectivity index (χ0) is 31.4. The molecule has 1 aliphatic heterocycles. The molecule has 2 aliphatic rings. The van der Waals surface area contributed by atoms with E-state index < -0.39 is 5.60 Å². The molecule has 4 aromatic rings. The van der Waals surface area contributed by atoms with Gasteiger partial charge in [0.15, 0.2) is 6.23 Å². The molecule has 3 aromatic carbocycles. The summed E-state index contributed by atoms with van der Waals surface area (Å²) < 4.78 is 26.4. The fourth-order valence-electron chi connectivity index (χ4n) is 5.92. The smallest absolute Gasteiger partial charge is 0.410 e. The van der Waals surface area contributed by atoms with Crippen molar-refractivity contribution in [1.29, 1.82) is 0 Å². The number of nitrogens with zero attached hydrogens (tertiary/aromatic N) is 3. The first-order valence-electron chi connectivity index (χ1n) is 15.9. The number of aromatic nitrogens is 2. The molecule has 2 fully saturated rings. The number of benzene rings is 3. The molecule has 1 atom stereocenters. The molecule has 1 aromatic heterocycles. The van der Waals surface area contributed by atoms with Crippen LogP contribution < -0.4 is 4.74 Å². The molecule has 1 N–H and O–H groups in total. The van der Waals surface area contributed by atoms with Gasteiger partial charge in [-0.2, -0.15) is 5.10 Å². The van der Waals surface area contributed by atoms with Crippen LogP contribution in [0.5, 0.6) is 11.5 Å². The van der Waals surface area contributed by atoms with Crippen LogP contribution in [0.3, 0.4) is 0 Å². The number of ether oxygens (including phenoxy) is 4. The Bertz CT molecular complexity index is 1570. The van der Waals surface area contributed by atoms with Crippen LogP contribution in [0.4, 0.5) is 4.79 Å². The lowest BCUT2D eigenvalue weighted by Gasteiger charge is -2.42. The average molecular weight is 614 g/mol. The lowest BCUT2D eigenvalue weighted by atomic mass is 9.87. The van der Waals surface area contributed by atoms with E-state index in [-0.39, 0.29) is 30.2 Å². The average Bonchev–Trinajstić information content (AvgIpc) is 3.44. The number of phenols is 1. The highest BCUT2D eigenvalue weighted by atomic mass is 16.6. The van der Waals surface area contributed by atoms with E-state index in [0.717, 1.165) is 59.2 Å². The minimum atomic E-state index is -0.595. The van der Waals surface area contributed by atoms with Crippen LogP contribution in [0.2, 0.25) is 0 Å². The van der Waals surface area contributed by atoms with Crippen molar-refractivity contribution in [3.8, 4) is 22.6 Å². The summed E-state index contributed by atoms with van der Waals surface area (Å²) in [4.78, 5) is 15.0. The van der Waals surface area contributed by atoms with Gasteiger partial charge in [0, 0.05) is 32.0 Å². The number of hydrogen-bond acceptors (Lipinski definition) is 7. The summed E-state index contributed by atoms with van der Waals surface area (Å²) in [6, 6.07) is 21.3. The van der Waals surface area contributed by atoms with Crippen molar-refractivity contribution in [2.45, 2.75) is 83.5 Å². The largest absolute Gasteiger partial charge is 0.508 e. The number of amides is 1. The number of aromatic hydroxyl groups is 1. The third kappa shape index (κ3) is 7.60. The maximum absolute atomic E-state index is 13.2. The minimum absolute atomic E-state index is 0.0145. The Hall–Kier alpha value is -4.08. The maximum atomic E-state index is 13.2. The molecular formula is C36H43N3O6.